The summed E-state index contributed by atoms with van der Waals surface area (Å²) in [6, 6.07) is 9.90. The van der Waals surface area contributed by atoms with Crippen LogP contribution in [0.25, 0.3) is 0 Å². The van der Waals surface area contributed by atoms with Gasteiger partial charge in [-0.1, -0.05) is 18.2 Å². The van der Waals surface area contributed by atoms with Crippen molar-refractivity contribution in [2.24, 2.45) is 0 Å². The molecule has 0 saturated heterocycles. The lowest BCUT2D eigenvalue weighted by atomic mass is 10.00. The largest absolute Gasteiger partial charge is 0.493 e. The van der Waals surface area contributed by atoms with E-state index in [1.165, 1.54) is 0 Å². The summed E-state index contributed by atoms with van der Waals surface area (Å²) in [4.78, 5) is 12.1. The summed E-state index contributed by atoms with van der Waals surface area (Å²) in [5.41, 5.74) is 0.549. The fourth-order valence-corrected chi connectivity index (χ4v) is 2.40. The van der Waals surface area contributed by atoms with E-state index in [1.807, 2.05) is 24.3 Å². The van der Waals surface area contributed by atoms with Crippen LogP contribution in [-0.4, -0.2) is 12.5 Å². The van der Waals surface area contributed by atoms with E-state index >= 15 is 0 Å². The minimum Gasteiger partial charge on any atom is -0.493 e. The third-order valence-corrected chi connectivity index (χ3v) is 3.44. The molecule has 0 bridgehead atoms. The van der Waals surface area contributed by atoms with Gasteiger partial charge in [-0.05, 0) is 24.3 Å². The zero-order valence-corrected chi connectivity index (χ0v) is 11.1. The summed E-state index contributed by atoms with van der Waals surface area (Å²) in [7, 11) is 0. The first-order valence-corrected chi connectivity index (χ1v) is 6.63. The molecule has 2 aromatic carbocycles. The number of fused-ring (bicyclic) bond motifs is 1. The van der Waals surface area contributed by atoms with Crippen LogP contribution in [0.2, 0.25) is 0 Å². The van der Waals surface area contributed by atoms with Crippen LogP contribution in [-0.2, 0) is 0 Å². The molecule has 1 unspecified atom stereocenters. The Balaban J connectivity index is 1.84. The lowest BCUT2D eigenvalue weighted by Gasteiger charge is -2.26. The van der Waals surface area contributed by atoms with Crippen LogP contribution in [0, 0.1) is 11.6 Å². The number of amides is 1. The molecule has 0 aliphatic carbocycles. The molecule has 1 atom stereocenters. The lowest BCUT2D eigenvalue weighted by Crippen LogP contribution is -2.32. The number of carbonyl (C=O) groups is 1. The van der Waals surface area contributed by atoms with Crippen LogP contribution in [0.5, 0.6) is 5.75 Å². The zero-order valence-electron chi connectivity index (χ0n) is 11.1. The van der Waals surface area contributed by atoms with Crippen LogP contribution in [0.4, 0.5) is 8.78 Å². The van der Waals surface area contributed by atoms with E-state index in [9.17, 15) is 13.6 Å². The third kappa shape index (κ3) is 2.72. The number of hydrogen-bond acceptors (Lipinski definition) is 2. The van der Waals surface area contributed by atoms with E-state index in [-0.39, 0.29) is 11.6 Å². The molecule has 21 heavy (non-hydrogen) atoms. The third-order valence-electron chi connectivity index (χ3n) is 3.44. The zero-order chi connectivity index (χ0) is 14.8. The number of hydrogen-bond donors (Lipinski definition) is 1. The maximum atomic E-state index is 13.6. The highest BCUT2D eigenvalue weighted by Gasteiger charge is 2.24. The summed E-state index contributed by atoms with van der Waals surface area (Å²) in [5, 5.41) is 2.73. The van der Waals surface area contributed by atoms with Crippen LogP contribution in [0.15, 0.2) is 42.5 Å². The van der Waals surface area contributed by atoms with Gasteiger partial charge in [0.2, 0.25) is 0 Å². The fraction of sp³-hybridized carbons (Fsp3) is 0.188. The van der Waals surface area contributed by atoms with E-state index in [1.54, 1.807) is 0 Å². The van der Waals surface area contributed by atoms with E-state index in [2.05, 4.69) is 5.32 Å². The van der Waals surface area contributed by atoms with E-state index < -0.39 is 17.5 Å². The first kappa shape index (κ1) is 13.5. The molecule has 1 amide bonds. The number of carbonyl (C=O) groups excluding carboxylic acids is 1. The van der Waals surface area contributed by atoms with Crippen molar-refractivity contribution in [2.75, 3.05) is 6.61 Å². The summed E-state index contributed by atoms with van der Waals surface area (Å²) in [6.45, 7) is 0.466. The second-order valence-corrected chi connectivity index (χ2v) is 4.83. The number of halogens is 2. The van der Waals surface area contributed by atoms with Gasteiger partial charge in [0, 0.05) is 12.0 Å². The molecule has 1 N–H and O–H groups in total. The first-order chi connectivity index (χ1) is 10.1. The van der Waals surface area contributed by atoms with Gasteiger partial charge >= 0.3 is 0 Å². The molecule has 3 rings (SSSR count). The van der Waals surface area contributed by atoms with Crippen molar-refractivity contribution >= 4 is 5.91 Å². The van der Waals surface area contributed by atoms with Gasteiger partial charge in [0.1, 0.15) is 17.4 Å². The van der Waals surface area contributed by atoms with Gasteiger partial charge < -0.3 is 10.1 Å². The molecule has 2 aromatic rings. The Bertz CT molecular complexity index is 688. The van der Waals surface area contributed by atoms with Crippen LogP contribution in [0.1, 0.15) is 28.4 Å². The lowest BCUT2D eigenvalue weighted by molar-refractivity contribution is 0.0920. The van der Waals surface area contributed by atoms with E-state index in [0.29, 0.717) is 18.8 Å². The molecule has 0 aromatic heterocycles. The highest BCUT2D eigenvalue weighted by molar-refractivity contribution is 5.94. The maximum absolute atomic E-state index is 13.6. The number of para-hydroxylation sites is 1. The summed E-state index contributed by atoms with van der Waals surface area (Å²) < 4.78 is 32.3. The van der Waals surface area contributed by atoms with Crippen molar-refractivity contribution in [3.8, 4) is 5.75 Å². The standard InChI is InChI=1S/C16H13F2NO2/c17-10-5-6-13(18)12(9-10)16(20)19-14-7-8-21-15-4-2-1-3-11(14)15/h1-6,9,14H,7-8H2,(H,19,20). The van der Waals surface area contributed by atoms with Crippen molar-refractivity contribution in [1.29, 1.82) is 0 Å². The SMILES string of the molecule is O=C(NC1CCOc2ccccc21)c1cc(F)ccc1F. The Morgan fingerprint density at radius 2 is 2.00 bits per heavy atom. The van der Waals surface area contributed by atoms with Gasteiger partial charge in [0.05, 0.1) is 18.2 Å². The highest BCUT2D eigenvalue weighted by Crippen LogP contribution is 2.31. The first-order valence-electron chi connectivity index (χ1n) is 6.63. The average molecular weight is 289 g/mol. The van der Waals surface area contributed by atoms with Gasteiger partial charge in [-0.2, -0.15) is 0 Å². The number of nitrogens with one attached hydrogen (secondary N) is 1. The summed E-state index contributed by atoms with van der Waals surface area (Å²) >= 11 is 0. The van der Waals surface area contributed by atoms with Gasteiger partial charge in [-0.25, -0.2) is 8.78 Å². The predicted molar refractivity (Wildman–Crippen MR) is 73.1 cm³/mol. The second kappa shape index (κ2) is 5.52. The quantitative estimate of drug-likeness (QED) is 0.922. The van der Waals surface area contributed by atoms with Crippen molar-refractivity contribution < 1.29 is 18.3 Å². The average Bonchev–Trinajstić information content (AvgIpc) is 2.50. The van der Waals surface area contributed by atoms with Gasteiger partial charge in [-0.15, -0.1) is 0 Å². The molecule has 1 heterocycles. The fourth-order valence-electron chi connectivity index (χ4n) is 2.40. The molecule has 5 heteroatoms. The maximum Gasteiger partial charge on any atom is 0.254 e. The molecule has 0 radical (unpaired) electrons. The van der Waals surface area contributed by atoms with Crippen LogP contribution < -0.4 is 10.1 Å². The van der Waals surface area contributed by atoms with Gasteiger partial charge in [0.15, 0.2) is 0 Å². The minimum absolute atomic E-state index is 0.273. The molecular formula is C16H13F2NO2. The smallest absolute Gasteiger partial charge is 0.254 e. The van der Waals surface area contributed by atoms with Crippen LogP contribution >= 0.6 is 0 Å². The summed E-state index contributed by atoms with van der Waals surface area (Å²) in [5.74, 6) is -1.31. The topological polar surface area (TPSA) is 38.3 Å². The molecule has 108 valence electrons. The Labute approximate surface area is 120 Å². The predicted octanol–water partition coefficient (Wildman–Crippen LogP) is 3.22. The molecule has 0 fully saturated rings. The van der Waals surface area contributed by atoms with E-state index in [4.69, 9.17) is 4.74 Å². The molecule has 3 nitrogen and oxygen atoms in total. The number of ether oxygens (including phenoxy) is 1. The Kier molecular flexibility index (Phi) is 3.56. The molecule has 1 aliphatic heterocycles. The number of benzene rings is 2. The number of rotatable bonds is 2. The molecule has 0 saturated carbocycles. The molecular weight excluding hydrogens is 276 g/mol. The van der Waals surface area contributed by atoms with Crippen molar-refractivity contribution in [3.63, 3.8) is 0 Å². The Morgan fingerprint density at radius 3 is 2.86 bits per heavy atom. The van der Waals surface area contributed by atoms with Crippen molar-refractivity contribution in [1.82, 2.24) is 5.32 Å². The molecule has 0 spiro atoms. The van der Waals surface area contributed by atoms with Crippen LogP contribution in [0.3, 0.4) is 0 Å². The summed E-state index contributed by atoms with van der Waals surface area (Å²) in [6.07, 6.45) is 0.583. The second-order valence-electron chi connectivity index (χ2n) is 4.83. The molecule has 1 aliphatic rings. The van der Waals surface area contributed by atoms with Crippen molar-refractivity contribution in [2.45, 2.75) is 12.5 Å². The van der Waals surface area contributed by atoms with Crippen molar-refractivity contribution in [3.05, 3.63) is 65.2 Å². The monoisotopic (exact) mass is 289 g/mol. The minimum atomic E-state index is -0.741. The van der Waals surface area contributed by atoms with Gasteiger partial charge in [-0.3, -0.25) is 4.79 Å². The Hall–Kier alpha value is -2.43. The van der Waals surface area contributed by atoms with Gasteiger partial charge in [0.25, 0.3) is 5.91 Å². The Morgan fingerprint density at radius 1 is 1.19 bits per heavy atom. The normalized spacial score (nSPS) is 16.8. The van der Waals surface area contributed by atoms with E-state index in [0.717, 1.165) is 23.8 Å². The highest BCUT2D eigenvalue weighted by atomic mass is 19.1.